The molecule has 1 aromatic heterocycles. The van der Waals surface area contributed by atoms with Crippen molar-refractivity contribution in [2.45, 2.75) is 13.0 Å². The van der Waals surface area contributed by atoms with Crippen LogP contribution in [0.1, 0.15) is 16.6 Å². The van der Waals surface area contributed by atoms with Crippen LogP contribution in [0.2, 0.25) is 0 Å². The van der Waals surface area contributed by atoms with Gasteiger partial charge in [0.25, 0.3) is 0 Å². The molecule has 0 radical (unpaired) electrons. The van der Waals surface area contributed by atoms with Gasteiger partial charge in [0.15, 0.2) is 0 Å². The Morgan fingerprint density at radius 1 is 1.23 bits per heavy atom. The Kier molecular flexibility index (Phi) is 6.53. The molecule has 0 aliphatic rings. The summed E-state index contributed by atoms with van der Waals surface area (Å²) < 4.78 is 6.20. The maximum absolute atomic E-state index is 12.5. The Morgan fingerprint density at radius 3 is 2.67 bits per heavy atom. The molecular weight excluding hydrogens is 404 g/mol. The van der Waals surface area contributed by atoms with Gasteiger partial charge in [0, 0.05) is 25.8 Å². The van der Waals surface area contributed by atoms with Crippen LogP contribution < -0.4 is 20.3 Å². The predicted molar refractivity (Wildman–Crippen MR) is 118 cm³/mol. The van der Waals surface area contributed by atoms with Gasteiger partial charge >= 0.3 is 11.8 Å². The average molecular weight is 429 g/mol. The first-order valence-corrected chi connectivity index (χ1v) is 10.1. The lowest BCUT2D eigenvalue weighted by Crippen LogP contribution is -2.39. The van der Waals surface area contributed by atoms with Gasteiger partial charge in [0.1, 0.15) is 5.75 Å². The second-order valence-corrected chi connectivity index (χ2v) is 8.14. The van der Waals surface area contributed by atoms with Crippen molar-refractivity contribution < 1.29 is 19.4 Å². The summed E-state index contributed by atoms with van der Waals surface area (Å²) in [5.41, 5.74) is 2.76. The number of aliphatic hydroxyl groups is 1. The number of aliphatic hydroxyl groups excluding tert-OH is 1. The number of nitrogens with zero attached hydrogens (tertiary/aromatic N) is 2. The summed E-state index contributed by atoms with van der Waals surface area (Å²) in [6, 6.07) is 10.1. The van der Waals surface area contributed by atoms with E-state index in [1.165, 1.54) is 18.4 Å². The van der Waals surface area contributed by atoms with Gasteiger partial charge in [0.2, 0.25) is 0 Å². The topological polar surface area (TPSA) is 104 Å². The lowest BCUT2D eigenvalue weighted by Gasteiger charge is -2.19. The number of thiazole rings is 1. The van der Waals surface area contributed by atoms with Gasteiger partial charge in [-0.2, -0.15) is 0 Å². The average Bonchev–Trinajstić information content (AvgIpc) is 3.09. The Balaban J connectivity index is 1.76. The van der Waals surface area contributed by atoms with Crippen LogP contribution in [0.3, 0.4) is 0 Å². The molecule has 8 nitrogen and oxygen atoms in total. The van der Waals surface area contributed by atoms with Crippen molar-refractivity contribution in [3.05, 3.63) is 47.0 Å². The number of methoxy groups -OCH3 is 1. The van der Waals surface area contributed by atoms with E-state index in [9.17, 15) is 14.7 Å². The molecule has 2 aromatic carbocycles. The standard InChI is InChI=1S/C21H24N4O4S/c1-12-22-16-9-18(29-4)15(10-19(16)30-12)23-20(27)21(28)24-17(11-26)13-6-5-7-14(8-13)25(2)3/h5-10,17,26H,11H2,1-4H3,(H,23,27)(H,24,28)/t17-/m0/s1. The minimum Gasteiger partial charge on any atom is -0.494 e. The lowest BCUT2D eigenvalue weighted by molar-refractivity contribution is -0.136. The van der Waals surface area contributed by atoms with Crippen molar-refractivity contribution in [3.8, 4) is 5.75 Å². The molecule has 0 spiro atoms. The summed E-state index contributed by atoms with van der Waals surface area (Å²) in [4.78, 5) is 31.3. The summed E-state index contributed by atoms with van der Waals surface area (Å²) in [6.07, 6.45) is 0. The minimum absolute atomic E-state index is 0.342. The SMILES string of the molecule is COc1cc2nc(C)sc2cc1NC(=O)C(=O)N[C@@H](CO)c1cccc(N(C)C)c1. The number of benzene rings is 2. The van der Waals surface area contributed by atoms with Gasteiger partial charge in [-0.05, 0) is 30.7 Å². The lowest BCUT2D eigenvalue weighted by atomic mass is 10.1. The first-order chi connectivity index (χ1) is 14.3. The fourth-order valence-corrected chi connectivity index (χ4v) is 3.84. The number of aromatic nitrogens is 1. The number of hydrogen-bond acceptors (Lipinski definition) is 7. The third-order valence-corrected chi connectivity index (χ3v) is 5.48. The molecule has 9 heteroatoms. The number of amides is 2. The first-order valence-electron chi connectivity index (χ1n) is 9.27. The van der Waals surface area contributed by atoms with Crippen molar-refractivity contribution in [2.75, 3.05) is 38.0 Å². The van der Waals surface area contributed by atoms with Crippen molar-refractivity contribution in [1.82, 2.24) is 10.3 Å². The van der Waals surface area contributed by atoms with E-state index in [1.54, 1.807) is 18.2 Å². The molecule has 2 amide bonds. The Hall–Kier alpha value is -3.17. The highest BCUT2D eigenvalue weighted by molar-refractivity contribution is 7.18. The highest BCUT2D eigenvalue weighted by Crippen LogP contribution is 2.33. The number of anilines is 2. The summed E-state index contributed by atoms with van der Waals surface area (Å²) >= 11 is 1.48. The van der Waals surface area contributed by atoms with Crippen LogP contribution in [-0.2, 0) is 9.59 Å². The molecule has 0 unspecified atom stereocenters. The van der Waals surface area contributed by atoms with E-state index < -0.39 is 17.9 Å². The van der Waals surface area contributed by atoms with Crippen LogP contribution in [0.25, 0.3) is 10.2 Å². The van der Waals surface area contributed by atoms with Crippen LogP contribution in [-0.4, -0.2) is 49.7 Å². The highest BCUT2D eigenvalue weighted by atomic mass is 32.1. The number of fused-ring (bicyclic) bond motifs is 1. The van der Waals surface area contributed by atoms with Gasteiger partial charge < -0.3 is 25.4 Å². The van der Waals surface area contributed by atoms with Crippen molar-refractivity contribution in [3.63, 3.8) is 0 Å². The largest absolute Gasteiger partial charge is 0.494 e. The van der Waals surface area contributed by atoms with Gasteiger partial charge in [-0.15, -0.1) is 11.3 Å². The fraction of sp³-hybridized carbons (Fsp3) is 0.286. The smallest absolute Gasteiger partial charge is 0.313 e. The molecule has 0 aliphatic heterocycles. The van der Waals surface area contributed by atoms with E-state index in [0.717, 1.165) is 20.9 Å². The zero-order valence-corrected chi connectivity index (χ0v) is 18.0. The van der Waals surface area contributed by atoms with Crippen LogP contribution in [0.5, 0.6) is 5.75 Å². The van der Waals surface area contributed by atoms with E-state index in [2.05, 4.69) is 15.6 Å². The fourth-order valence-electron chi connectivity index (χ4n) is 2.99. The number of ether oxygens (including phenoxy) is 1. The Morgan fingerprint density at radius 2 is 2.00 bits per heavy atom. The van der Waals surface area contributed by atoms with Gasteiger partial charge in [0.05, 0.1) is 40.7 Å². The molecule has 1 atom stereocenters. The number of carbonyl (C=O) groups excluding carboxylic acids is 2. The predicted octanol–water partition coefficient (Wildman–Crippen LogP) is 2.47. The summed E-state index contributed by atoms with van der Waals surface area (Å²) in [7, 11) is 5.28. The molecular formula is C21H24N4O4S. The zero-order chi connectivity index (χ0) is 21.8. The molecule has 0 fully saturated rings. The third kappa shape index (κ3) is 4.69. The van der Waals surface area contributed by atoms with E-state index in [-0.39, 0.29) is 6.61 Å². The van der Waals surface area contributed by atoms with E-state index in [0.29, 0.717) is 17.0 Å². The summed E-state index contributed by atoms with van der Waals surface area (Å²) in [6.45, 7) is 1.55. The van der Waals surface area contributed by atoms with Crippen LogP contribution in [0, 0.1) is 6.92 Å². The molecule has 3 rings (SSSR count). The maximum Gasteiger partial charge on any atom is 0.313 e. The number of carbonyl (C=O) groups is 2. The monoisotopic (exact) mass is 428 g/mol. The molecule has 3 N–H and O–H groups in total. The number of rotatable bonds is 6. The van der Waals surface area contributed by atoms with E-state index >= 15 is 0 Å². The summed E-state index contributed by atoms with van der Waals surface area (Å²) in [5.74, 6) is -1.30. The van der Waals surface area contributed by atoms with Gasteiger partial charge in [-0.25, -0.2) is 4.98 Å². The number of nitrogens with one attached hydrogen (secondary N) is 2. The summed E-state index contributed by atoms with van der Waals surface area (Å²) in [5, 5.41) is 15.8. The van der Waals surface area contributed by atoms with E-state index in [4.69, 9.17) is 4.74 Å². The Bertz CT molecular complexity index is 1080. The second kappa shape index (κ2) is 9.10. The van der Waals surface area contributed by atoms with E-state index in [1.807, 2.05) is 44.1 Å². The molecule has 158 valence electrons. The minimum atomic E-state index is -0.855. The first kappa shape index (κ1) is 21.5. The number of hydrogen-bond donors (Lipinski definition) is 3. The maximum atomic E-state index is 12.5. The highest BCUT2D eigenvalue weighted by Gasteiger charge is 2.21. The molecule has 0 saturated carbocycles. The quantitative estimate of drug-likeness (QED) is 0.521. The van der Waals surface area contributed by atoms with Crippen LogP contribution in [0.15, 0.2) is 36.4 Å². The number of aryl methyl sites for hydroxylation is 1. The normalized spacial score (nSPS) is 11.8. The van der Waals surface area contributed by atoms with Gasteiger partial charge in [-0.1, -0.05) is 12.1 Å². The molecule has 0 bridgehead atoms. The van der Waals surface area contributed by atoms with Crippen molar-refractivity contribution in [2.24, 2.45) is 0 Å². The zero-order valence-electron chi connectivity index (χ0n) is 17.2. The molecule has 0 saturated heterocycles. The third-order valence-electron chi connectivity index (χ3n) is 4.55. The Labute approximate surface area is 178 Å². The van der Waals surface area contributed by atoms with Crippen molar-refractivity contribution in [1.29, 1.82) is 0 Å². The molecule has 30 heavy (non-hydrogen) atoms. The molecule has 0 aliphatic carbocycles. The van der Waals surface area contributed by atoms with Gasteiger partial charge in [-0.3, -0.25) is 9.59 Å². The second-order valence-electron chi connectivity index (χ2n) is 6.91. The van der Waals surface area contributed by atoms with Crippen LogP contribution in [0.4, 0.5) is 11.4 Å². The molecule has 1 heterocycles. The van der Waals surface area contributed by atoms with Crippen LogP contribution >= 0.6 is 11.3 Å². The molecule has 3 aromatic rings. The van der Waals surface area contributed by atoms with Crippen molar-refractivity contribution >= 4 is 44.7 Å².